The molecule has 1 aliphatic rings. The normalized spacial score (nSPS) is 15.2. The molecule has 0 atom stereocenters. The Morgan fingerprint density at radius 2 is 2.18 bits per heavy atom. The molecule has 17 heavy (non-hydrogen) atoms. The average Bonchev–Trinajstić information content (AvgIpc) is 2.97. The maximum absolute atomic E-state index is 11.7. The highest BCUT2D eigenvalue weighted by atomic mass is 35.5. The van der Waals surface area contributed by atoms with Crippen molar-refractivity contribution >= 4 is 23.5 Å². The number of likely N-dealkylation sites (tertiary alicyclic amines) is 1. The fourth-order valence-electron chi connectivity index (χ4n) is 1.74. The van der Waals surface area contributed by atoms with Crippen LogP contribution in [-0.4, -0.2) is 46.5 Å². The van der Waals surface area contributed by atoms with Crippen LogP contribution < -0.4 is 5.32 Å². The monoisotopic (exact) mass is 258 g/mol. The molecule has 1 N–H and O–H groups in total. The lowest BCUT2D eigenvalue weighted by Gasteiger charge is -2.14. The van der Waals surface area contributed by atoms with E-state index in [-0.39, 0.29) is 18.5 Å². The van der Waals surface area contributed by atoms with Gasteiger partial charge in [0.2, 0.25) is 11.8 Å². The number of rotatable bonds is 5. The summed E-state index contributed by atoms with van der Waals surface area (Å²) in [6.07, 6.45) is 2.72. The van der Waals surface area contributed by atoms with Gasteiger partial charge in [-0.2, -0.15) is 0 Å². The molecule has 0 saturated carbocycles. The Kier molecular flexibility index (Phi) is 4.19. The Bertz CT molecular complexity index is 376. The van der Waals surface area contributed by atoms with Gasteiger partial charge in [-0.3, -0.25) is 4.79 Å². The van der Waals surface area contributed by atoms with Crippen molar-refractivity contribution in [2.45, 2.75) is 19.3 Å². The fraction of sp³-hybridized carbons (Fsp3) is 0.700. The number of alkyl halides is 1. The quantitative estimate of drug-likeness (QED) is 0.794. The number of halogens is 1. The maximum atomic E-state index is 11.7. The fourth-order valence-corrected chi connectivity index (χ4v) is 1.90. The highest BCUT2D eigenvalue weighted by molar-refractivity contribution is 6.17. The van der Waals surface area contributed by atoms with Gasteiger partial charge in [-0.25, -0.2) is 0 Å². The van der Waals surface area contributed by atoms with Gasteiger partial charge in [0.15, 0.2) is 0 Å². The van der Waals surface area contributed by atoms with Gasteiger partial charge >= 0.3 is 6.01 Å². The first-order valence-corrected chi connectivity index (χ1v) is 6.23. The molecule has 6 nitrogen and oxygen atoms in total. The van der Waals surface area contributed by atoms with Crippen molar-refractivity contribution in [2.24, 2.45) is 0 Å². The van der Waals surface area contributed by atoms with Gasteiger partial charge in [0.1, 0.15) is 0 Å². The Morgan fingerprint density at radius 1 is 1.41 bits per heavy atom. The van der Waals surface area contributed by atoms with Gasteiger partial charge in [-0.1, -0.05) is 5.10 Å². The van der Waals surface area contributed by atoms with E-state index in [9.17, 15) is 4.79 Å². The van der Waals surface area contributed by atoms with E-state index in [1.807, 2.05) is 4.90 Å². The molecule has 1 aromatic heterocycles. The second kappa shape index (κ2) is 5.86. The summed E-state index contributed by atoms with van der Waals surface area (Å²) in [5.74, 6) is 0.990. The molecule has 1 fully saturated rings. The van der Waals surface area contributed by atoms with E-state index in [2.05, 4.69) is 15.5 Å². The van der Waals surface area contributed by atoms with Gasteiger partial charge in [0.05, 0.1) is 6.54 Å². The van der Waals surface area contributed by atoms with Gasteiger partial charge in [0.25, 0.3) is 0 Å². The molecule has 1 amide bonds. The zero-order valence-corrected chi connectivity index (χ0v) is 10.2. The van der Waals surface area contributed by atoms with Crippen LogP contribution in [0.3, 0.4) is 0 Å². The van der Waals surface area contributed by atoms with Crippen LogP contribution in [0.1, 0.15) is 18.7 Å². The van der Waals surface area contributed by atoms with E-state index in [0.29, 0.717) is 18.2 Å². The number of hydrogen-bond donors (Lipinski definition) is 1. The van der Waals surface area contributed by atoms with E-state index < -0.39 is 0 Å². The molecule has 0 aliphatic carbocycles. The highest BCUT2D eigenvalue weighted by Crippen LogP contribution is 2.09. The Hall–Kier alpha value is -1.30. The minimum atomic E-state index is 0.0691. The number of carbonyl (C=O) groups is 1. The van der Waals surface area contributed by atoms with Crippen molar-refractivity contribution < 1.29 is 9.21 Å². The predicted molar refractivity (Wildman–Crippen MR) is 63.0 cm³/mol. The number of nitrogens with zero attached hydrogens (tertiary/aromatic N) is 3. The summed E-state index contributed by atoms with van der Waals surface area (Å²) in [5, 5.41) is 10.4. The molecule has 7 heteroatoms. The van der Waals surface area contributed by atoms with Gasteiger partial charge in [0, 0.05) is 25.4 Å². The molecule has 1 aliphatic heterocycles. The van der Waals surface area contributed by atoms with E-state index in [4.69, 9.17) is 16.0 Å². The lowest BCUT2D eigenvalue weighted by Crippen LogP contribution is -2.33. The van der Waals surface area contributed by atoms with Crippen molar-refractivity contribution in [1.29, 1.82) is 0 Å². The smallest absolute Gasteiger partial charge is 0.315 e. The first-order chi connectivity index (χ1) is 8.29. The largest absolute Gasteiger partial charge is 0.408 e. The minimum Gasteiger partial charge on any atom is -0.408 e. The third-order valence-corrected chi connectivity index (χ3v) is 2.81. The van der Waals surface area contributed by atoms with Crippen molar-refractivity contribution in [3.05, 3.63) is 5.89 Å². The van der Waals surface area contributed by atoms with Crippen LogP contribution in [0.2, 0.25) is 0 Å². The third-order valence-electron chi connectivity index (χ3n) is 2.62. The zero-order chi connectivity index (χ0) is 12.1. The minimum absolute atomic E-state index is 0.0691. The maximum Gasteiger partial charge on any atom is 0.315 e. The zero-order valence-electron chi connectivity index (χ0n) is 9.49. The number of amides is 1. The van der Waals surface area contributed by atoms with Crippen molar-refractivity contribution in [1.82, 2.24) is 15.1 Å². The van der Waals surface area contributed by atoms with Gasteiger partial charge in [-0.05, 0) is 12.8 Å². The predicted octanol–water partition coefficient (Wildman–Crippen LogP) is 0.885. The van der Waals surface area contributed by atoms with Crippen LogP contribution >= 0.6 is 11.6 Å². The highest BCUT2D eigenvalue weighted by Gasteiger charge is 2.18. The SMILES string of the molecule is O=C(CNc1nnc(CCCl)o1)N1CCCC1. The van der Waals surface area contributed by atoms with Crippen LogP contribution in [-0.2, 0) is 11.2 Å². The van der Waals surface area contributed by atoms with E-state index >= 15 is 0 Å². The second-order valence-electron chi connectivity index (χ2n) is 3.88. The van der Waals surface area contributed by atoms with Crippen LogP contribution in [0.5, 0.6) is 0 Å². The lowest BCUT2D eigenvalue weighted by atomic mass is 10.4. The third kappa shape index (κ3) is 3.33. The Morgan fingerprint density at radius 3 is 2.88 bits per heavy atom. The molecule has 0 bridgehead atoms. The van der Waals surface area contributed by atoms with Crippen molar-refractivity contribution in [3.63, 3.8) is 0 Å². The number of nitrogens with one attached hydrogen (secondary N) is 1. The molecule has 0 radical (unpaired) electrons. The lowest BCUT2D eigenvalue weighted by molar-refractivity contribution is -0.128. The Labute approximate surface area is 104 Å². The summed E-state index contributed by atoms with van der Waals surface area (Å²) in [5.41, 5.74) is 0. The first kappa shape index (κ1) is 12.2. The topological polar surface area (TPSA) is 71.3 Å². The summed E-state index contributed by atoms with van der Waals surface area (Å²) in [6, 6.07) is 0.276. The summed E-state index contributed by atoms with van der Waals surface area (Å²) in [7, 11) is 0. The number of carbonyl (C=O) groups excluding carboxylic acids is 1. The Balaban J connectivity index is 1.78. The number of aryl methyl sites for hydroxylation is 1. The average molecular weight is 259 g/mol. The van der Waals surface area contributed by atoms with E-state index in [1.54, 1.807) is 0 Å². The molecular weight excluding hydrogens is 244 g/mol. The van der Waals surface area contributed by atoms with E-state index in [0.717, 1.165) is 25.9 Å². The molecule has 94 valence electrons. The summed E-state index contributed by atoms with van der Waals surface area (Å²) >= 11 is 5.55. The van der Waals surface area contributed by atoms with Gasteiger partial charge in [-0.15, -0.1) is 16.7 Å². The summed E-state index contributed by atoms with van der Waals surface area (Å²) in [4.78, 5) is 13.5. The van der Waals surface area contributed by atoms with Gasteiger partial charge < -0.3 is 14.6 Å². The van der Waals surface area contributed by atoms with Crippen molar-refractivity contribution in [3.8, 4) is 0 Å². The van der Waals surface area contributed by atoms with E-state index in [1.165, 1.54) is 0 Å². The number of anilines is 1. The summed E-state index contributed by atoms with van der Waals surface area (Å²) < 4.78 is 5.25. The van der Waals surface area contributed by atoms with Crippen LogP contribution in [0.15, 0.2) is 4.42 Å². The number of hydrogen-bond acceptors (Lipinski definition) is 5. The molecule has 2 heterocycles. The molecule has 0 aromatic carbocycles. The van der Waals surface area contributed by atoms with Crippen LogP contribution in [0.4, 0.5) is 6.01 Å². The second-order valence-corrected chi connectivity index (χ2v) is 4.26. The molecule has 0 spiro atoms. The first-order valence-electron chi connectivity index (χ1n) is 5.69. The molecule has 0 unspecified atom stereocenters. The molecule has 2 rings (SSSR count). The summed E-state index contributed by atoms with van der Waals surface area (Å²) in [6.45, 7) is 1.90. The molecular formula is C10H15ClN4O2. The van der Waals surface area contributed by atoms with Crippen LogP contribution in [0.25, 0.3) is 0 Å². The van der Waals surface area contributed by atoms with Crippen molar-refractivity contribution in [2.75, 3.05) is 30.8 Å². The number of aromatic nitrogens is 2. The molecule has 1 aromatic rings. The van der Waals surface area contributed by atoms with Crippen LogP contribution in [0, 0.1) is 0 Å². The molecule has 1 saturated heterocycles. The standard InChI is InChI=1S/C10H15ClN4O2/c11-4-3-8-13-14-10(17-8)12-7-9(16)15-5-1-2-6-15/h1-7H2,(H,12,14).